The molecule has 1 aromatic carbocycles. The average Bonchev–Trinajstić information content (AvgIpc) is 2.94. The Labute approximate surface area is 154 Å². The van der Waals surface area contributed by atoms with Crippen molar-refractivity contribution in [3.05, 3.63) is 53.0 Å². The molecule has 1 aromatic heterocycles. The van der Waals surface area contributed by atoms with Crippen molar-refractivity contribution in [2.75, 3.05) is 28.3 Å². The van der Waals surface area contributed by atoms with Gasteiger partial charge in [-0.1, -0.05) is 12.1 Å². The van der Waals surface area contributed by atoms with Crippen molar-refractivity contribution in [3.8, 4) is 0 Å². The molecule has 0 aliphatic heterocycles. The van der Waals surface area contributed by atoms with Crippen LogP contribution < -0.4 is 0 Å². The quantitative estimate of drug-likeness (QED) is 0.686. The molecule has 0 radical (unpaired) electrons. The third-order valence-electron chi connectivity index (χ3n) is 3.93. The number of esters is 1. The summed E-state index contributed by atoms with van der Waals surface area (Å²) < 4.78 is 36.0. The zero-order chi connectivity index (χ0) is 19.5. The molecule has 142 valence electrons. The Hall–Kier alpha value is -2.16. The van der Waals surface area contributed by atoms with Crippen molar-refractivity contribution in [2.45, 2.75) is 24.9 Å². The van der Waals surface area contributed by atoms with Crippen molar-refractivity contribution in [1.82, 2.24) is 9.21 Å². The molecule has 8 heteroatoms. The number of nitrogens with zero attached hydrogens (tertiary/aromatic N) is 2. The molecule has 2 rings (SSSR count). The van der Waals surface area contributed by atoms with Gasteiger partial charge in [0.1, 0.15) is 17.1 Å². The topological polar surface area (TPSA) is 80.1 Å². The van der Waals surface area contributed by atoms with Crippen LogP contribution in [0.25, 0.3) is 0 Å². The van der Waals surface area contributed by atoms with Gasteiger partial charge in [-0.25, -0.2) is 17.5 Å². The predicted molar refractivity (Wildman–Crippen MR) is 97.3 cm³/mol. The van der Waals surface area contributed by atoms with Crippen LogP contribution in [-0.4, -0.2) is 51.8 Å². The van der Waals surface area contributed by atoms with Gasteiger partial charge in [-0.2, -0.15) is 0 Å². The van der Waals surface area contributed by atoms with Gasteiger partial charge in [0.05, 0.1) is 18.6 Å². The van der Waals surface area contributed by atoms with Gasteiger partial charge < -0.3 is 9.15 Å². The number of furan rings is 1. The number of ether oxygens (including phenoxy) is 1. The summed E-state index contributed by atoms with van der Waals surface area (Å²) >= 11 is 0. The lowest BCUT2D eigenvalue weighted by atomic mass is 10.2. The van der Waals surface area contributed by atoms with Gasteiger partial charge in [0.2, 0.25) is 10.0 Å². The third kappa shape index (κ3) is 4.51. The van der Waals surface area contributed by atoms with Gasteiger partial charge in [0.25, 0.3) is 0 Å². The maximum Gasteiger partial charge on any atom is 0.341 e. The lowest BCUT2D eigenvalue weighted by molar-refractivity contribution is 0.0599. The summed E-state index contributed by atoms with van der Waals surface area (Å²) in [6, 6.07) is 8.52. The van der Waals surface area contributed by atoms with E-state index in [1.165, 1.54) is 25.5 Å². The Morgan fingerprint density at radius 2 is 1.85 bits per heavy atom. The third-order valence-corrected chi connectivity index (χ3v) is 5.74. The molecule has 0 saturated carbocycles. The standard InChI is InChI=1S/C18H24N2O5S/c1-13-17(18(21)24-5)10-15(25-13)12-20(4)11-14-7-6-8-16(9-14)26(22,23)19(2)3/h6-10H,11-12H2,1-5H3. The first kappa shape index (κ1) is 20.2. The van der Waals surface area contributed by atoms with Crippen LogP contribution in [0.5, 0.6) is 0 Å². The van der Waals surface area contributed by atoms with Crippen molar-refractivity contribution in [1.29, 1.82) is 0 Å². The van der Waals surface area contributed by atoms with Gasteiger partial charge in [0, 0.05) is 20.6 Å². The molecule has 0 fully saturated rings. The molecular weight excluding hydrogens is 356 g/mol. The van der Waals surface area contributed by atoms with E-state index in [1.54, 1.807) is 31.2 Å². The zero-order valence-electron chi connectivity index (χ0n) is 15.6. The zero-order valence-corrected chi connectivity index (χ0v) is 16.5. The number of benzene rings is 1. The van der Waals surface area contributed by atoms with Crippen molar-refractivity contribution in [2.24, 2.45) is 0 Å². The predicted octanol–water partition coefficient (Wildman–Crippen LogP) is 2.26. The molecule has 0 saturated heterocycles. The van der Waals surface area contributed by atoms with Crippen LogP contribution >= 0.6 is 0 Å². The molecule has 0 bridgehead atoms. The van der Waals surface area contributed by atoms with Gasteiger partial charge in [-0.3, -0.25) is 4.90 Å². The molecule has 2 aromatic rings. The summed E-state index contributed by atoms with van der Waals surface area (Å²) in [6.45, 7) is 2.72. The van der Waals surface area contributed by atoms with Crippen LogP contribution in [0.3, 0.4) is 0 Å². The first-order valence-corrected chi connectivity index (χ1v) is 9.46. The highest BCUT2D eigenvalue weighted by atomic mass is 32.2. The molecule has 0 unspecified atom stereocenters. The monoisotopic (exact) mass is 380 g/mol. The Balaban J connectivity index is 2.11. The van der Waals surface area contributed by atoms with Gasteiger partial charge in [-0.15, -0.1) is 0 Å². The first-order chi connectivity index (χ1) is 12.1. The Bertz CT molecular complexity index is 887. The molecule has 1 heterocycles. The molecule has 26 heavy (non-hydrogen) atoms. The van der Waals surface area contributed by atoms with E-state index in [9.17, 15) is 13.2 Å². The molecule has 0 amide bonds. The summed E-state index contributed by atoms with van der Waals surface area (Å²) in [5, 5.41) is 0. The summed E-state index contributed by atoms with van der Waals surface area (Å²) in [7, 11) is 2.77. The Kier molecular flexibility index (Phi) is 6.22. The summed E-state index contributed by atoms with van der Waals surface area (Å²) in [5.74, 6) is 0.725. The number of methoxy groups -OCH3 is 1. The molecule has 0 spiro atoms. The number of hydrogen-bond donors (Lipinski definition) is 0. The Morgan fingerprint density at radius 1 is 1.15 bits per heavy atom. The van der Waals surface area contributed by atoms with Gasteiger partial charge in [0.15, 0.2) is 0 Å². The second-order valence-corrected chi connectivity index (χ2v) is 8.43. The van der Waals surface area contributed by atoms with E-state index in [0.29, 0.717) is 30.2 Å². The Morgan fingerprint density at radius 3 is 2.46 bits per heavy atom. The number of hydrogen-bond acceptors (Lipinski definition) is 6. The smallest absolute Gasteiger partial charge is 0.341 e. The number of aryl methyl sites for hydroxylation is 1. The van der Waals surface area contributed by atoms with E-state index >= 15 is 0 Å². The fourth-order valence-electron chi connectivity index (χ4n) is 2.58. The minimum absolute atomic E-state index is 0.259. The number of carbonyl (C=O) groups excluding carboxylic acids is 1. The first-order valence-electron chi connectivity index (χ1n) is 8.02. The van der Waals surface area contributed by atoms with E-state index < -0.39 is 16.0 Å². The fourth-order valence-corrected chi connectivity index (χ4v) is 3.56. The highest BCUT2D eigenvalue weighted by Gasteiger charge is 2.18. The van der Waals surface area contributed by atoms with E-state index in [1.807, 2.05) is 18.0 Å². The number of carbonyl (C=O) groups is 1. The van der Waals surface area contributed by atoms with Crippen molar-refractivity contribution in [3.63, 3.8) is 0 Å². The van der Waals surface area contributed by atoms with Crippen LogP contribution in [-0.2, 0) is 27.8 Å². The minimum Gasteiger partial charge on any atom is -0.465 e. The van der Waals surface area contributed by atoms with E-state index in [-0.39, 0.29) is 4.90 Å². The molecule has 0 aliphatic rings. The normalized spacial score (nSPS) is 12.0. The lowest BCUT2D eigenvalue weighted by Gasteiger charge is -2.17. The van der Waals surface area contributed by atoms with Crippen LogP contribution in [0.15, 0.2) is 39.6 Å². The highest BCUT2D eigenvalue weighted by molar-refractivity contribution is 7.89. The average molecular weight is 380 g/mol. The number of sulfonamides is 1. The molecule has 7 nitrogen and oxygen atoms in total. The second-order valence-electron chi connectivity index (χ2n) is 6.28. The fraction of sp³-hybridized carbons (Fsp3) is 0.389. The van der Waals surface area contributed by atoms with Crippen molar-refractivity contribution < 1.29 is 22.4 Å². The molecular formula is C18H24N2O5S. The summed E-state index contributed by atoms with van der Waals surface area (Å²) in [5.41, 5.74) is 1.28. The maximum absolute atomic E-state index is 12.2. The molecule has 0 N–H and O–H groups in total. The largest absolute Gasteiger partial charge is 0.465 e. The number of rotatable bonds is 7. The van der Waals surface area contributed by atoms with Crippen LogP contribution in [0, 0.1) is 6.92 Å². The highest BCUT2D eigenvalue weighted by Crippen LogP contribution is 2.19. The van der Waals surface area contributed by atoms with Crippen LogP contribution in [0.1, 0.15) is 27.4 Å². The summed E-state index contributed by atoms with van der Waals surface area (Å²) in [6.07, 6.45) is 0. The van der Waals surface area contributed by atoms with E-state index in [2.05, 4.69) is 0 Å². The molecule has 0 atom stereocenters. The second kappa shape index (κ2) is 8.03. The van der Waals surface area contributed by atoms with E-state index in [0.717, 1.165) is 5.56 Å². The van der Waals surface area contributed by atoms with Gasteiger partial charge in [-0.05, 0) is 37.7 Å². The minimum atomic E-state index is -3.46. The lowest BCUT2D eigenvalue weighted by Crippen LogP contribution is -2.22. The maximum atomic E-state index is 12.2. The molecule has 0 aliphatic carbocycles. The summed E-state index contributed by atoms with van der Waals surface area (Å²) in [4.78, 5) is 13.9. The van der Waals surface area contributed by atoms with Crippen LogP contribution in [0.4, 0.5) is 0 Å². The van der Waals surface area contributed by atoms with Crippen LogP contribution in [0.2, 0.25) is 0 Å². The van der Waals surface area contributed by atoms with Gasteiger partial charge >= 0.3 is 5.97 Å². The van der Waals surface area contributed by atoms with Crippen molar-refractivity contribution >= 4 is 16.0 Å². The SMILES string of the molecule is COC(=O)c1cc(CN(C)Cc2cccc(S(=O)(=O)N(C)C)c2)oc1C. The van der Waals surface area contributed by atoms with E-state index in [4.69, 9.17) is 9.15 Å².